The highest BCUT2D eigenvalue weighted by molar-refractivity contribution is 5.91. The van der Waals surface area contributed by atoms with Crippen molar-refractivity contribution < 1.29 is 4.79 Å². The molecule has 158 valence electrons. The van der Waals surface area contributed by atoms with E-state index in [2.05, 4.69) is 15.4 Å². The lowest BCUT2D eigenvalue weighted by molar-refractivity contribution is -0.116. The van der Waals surface area contributed by atoms with Gasteiger partial charge in [-0.15, -0.1) is 5.10 Å². The maximum Gasteiger partial charge on any atom is 0.279 e. The fourth-order valence-electron chi connectivity index (χ4n) is 3.75. The number of benzene rings is 2. The summed E-state index contributed by atoms with van der Waals surface area (Å²) in [4.78, 5) is 30.3. The number of fused-ring (bicyclic) bond motifs is 1. The molecule has 0 spiro atoms. The molecule has 4 rings (SSSR count). The van der Waals surface area contributed by atoms with Gasteiger partial charge >= 0.3 is 0 Å². The summed E-state index contributed by atoms with van der Waals surface area (Å²) in [6.07, 6.45) is 0.540. The van der Waals surface area contributed by atoms with E-state index in [1.165, 1.54) is 4.52 Å². The smallest absolute Gasteiger partial charge is 0.279 e. The number of amides is 1. The molecule has 0 bridgehead atoms. The van der Waals surface area contributed by atoms with Gasteiger partial charge in [0.25, 0.3) is 5.56 Å². The van der Waals surface area contributed by atoms with Gasteiger partial charge in [-0.1, -0.05) is 48.5 Å². The van der Waals surface area contributed by atoms with E-state index in [0.29, 0.717) is 30.1 Å². The first-order valence-corrected chi connectivity index (χ1v) is 10.4. The van der Waals surface area contributed by atoms with Crippen LogP contribution in [0.4, 0.5) is 5.69 Å². The number of hydrogen-bond donors (Lipinski definition) is 1. The number of carbonyl (C=O) groups excluding carboxylic acids is 1. The minimum absolute atomic E-state index is 0.125. The zero-order valence-corrected chi connectivity index (χ0v) is 17.9. The normalized spacial score (nSPS) is 11.1. The Kier molecular flexibility index (Phi) is 5.66. The molecular formula is C24H25N5O2. The Morgan fingerprint density at radius 2 is 1.74 bits per heavy atom. The third kappa shape index (κ3) is 3.99. The molecule has 2 heterocycles. The highest BCUT2D eigenvalue weighted by Gasteiger charge is 2.18. The second kappa shape index (κ2) is 8.55. The number of aromatic nitrogens is 4. The van der Waals surface area contributed by atoms with Crippen molar-refractivity contribution in [2.24, 2.45) is 0 Å². The molecule has 4 aromatic rings. The first-order chi connectivity index (χ1) is 15.0. The zero-order valence-electron chi connectivity index (χ0n) is 17.9. The maximum atomic E-state index is 13.2. The molecule has 0 saturated heterocycles. The van der Waals surface area contributed by atoms with Gasteiger partial charge in [-0.05, 0) is 38.8 Å². The Morgan fingerprint density at radius 3 is 2.45 bits per heavy atom. The number of nitrogens with one attached hydrogen (secondary N) is 1. The van der Waals surface area contributed by atoms with E-state index in [4.69, 9.17) is 0 Å². The molecule has 2 aromatic heterocycles. The predicted molar refractivity (Wildman–Crippen MR) is 121 cm³/mol. The minimum atomic E-state index is -0.226. The summed E-state index contributed by atoms with van der Waals surface area (Å²) >= 11 is 0. The van der Waals surface area contributed by atoms with Crippen LogP contribution in [-0.2, 0) is 17.8 Å². The Labute approximate surface area is 180 Å². The average molecular weight is 415 g/mol. The van der Waals surface area contributed by atoms with E-state index in [-0.39, 0.29) is 17.9 Å². The number of carbonyl (C=O) groups is 1. The quantitative estimate of drug-likeness (QED) is 0.520. The van der Waals surface area contributed by atoms with Crippen LogP contribution in [0.2, 0.25) is 0 Å². The molecule has 1 amide bonds. The molecule has 0 unspecified atom stereocenters. The van der Waals surface area contributed by atoms with Gasteiger partial charge in [0.15, 0.2) is 5.82 Å². The molecule has 31 heavy (non-hydrogen) atoms. The molecular weight excluding hydrogens is 390 g/mol. The van der Waals surface area contributed by atoms with Gasteiger partial charge in [-0.2, -0.15) is 9.50 Å². The van der Waals surface area contributed by atoms with E-state index in [1.54, 1.807) is 0 Å². The van der Waals surface area contributed by atoms with E-state index in [9.17, 15) is 9.59 Å². The number of nitrogens with zero attached hydrogens (tertiary/aromatic N) is 4. The van der Waals surface area contributed by atoms with Crippen molar-refractivity contribution in [3.63, 3.8) is 0 Å². The van der Waals surface area contributed by atoms with Crippen LogP contribution in [0.25, 0.3) is 17.2 Å². The molecule has 1 N–H and O–H groups in total. The summed E-state index contributed by atoms with van der Waals surface area (Å²) in [5.74, 6) is 0.894. The molecule has 7 nitrogen and oxygen atoms in total. The van der Waals surface area contributed by atoms with Crippen molar-refractivity contribution in [1.29, 1.82) is 0 Å². The molecule has 2 aromatic carbocycles. The highest BCUT2D eigenvalue weighted by Crippen LogP contribution is 2.18. The van der Waals surface area contributed by atoms with Crippen molar-refractivity contribution in [3.8, 4) is 11.4 Å². The van der Waals surface area contributed by atoms with Crippen molar-refractivity contribution in [1.82, 2.24) is 19.2 Å². The standard InChI is InChI=1S/C24H25N5O2/c1-4-28-17(3)19(14-15-21(30)25-20-13-9-8-10-16(20)2)23(31)29-24(28)26-22(27-29)18-11-6-5-7-12-18/h5-13H,4,14-15H2,1-3H3,(H,25,30). The third-order valence-corrected chi connectivity index (χ3v) is 5.49. The maximum absolute atomic E-state index is 13.2. The van der Waals surface area contributed by atoms with Gasteiger partial charge in [-0.3, -0.25) is 9.59 Å². The number of anilines is 1. The summed E-state index contributed by atoms with van der Waals surface area (Å²) in [7, 11) is 0. The van der Waals surface area contributed by atoms with Crippen LogP contribution < -0.4 is 10.9 Å². The van der Waals surface area contributed by atoms with E-state index in [1.807, 2.05) is 79.9 Å². The SMILES string of the molecule is CCn1c(C)c(CCC(=O)Nc2ccccc2C)c(=O)n2nc(-c3ccccc3)nc12. The van der Waals surface area contributed by atoms with Gasteiger partial charge in [-0.25, -0.2) is 0 Å². The van der Waals surface area contributed by atoms with Crippen LogP contribution in [0.15, 0.2) is 59.4 Å². The van der Waals surface area contributed by atoms with Crippen LogP contribution in [0, 0.1) is 13.8 Å². The van der Waals surface area contributed by atoms with Gasteiger partial charge < -0.3 is 9.88 Å². The summed E-state index contributed by atoms with van der Waals surface area (Å²) in [6.45, 7) is 6.49. The lowest BCUT2D eigenvalue weighted by atomic mass is 10.1. The lowest BCUT2D eigenvalue weighted by Crippen LogP contribution is -2.27. The Morgan fingerprint density at radius 1 is 1.03 bits per heavy atom. The van der Waals surface area contributed by atoms with Gasteiger partial charge in [0.2, 0.25) is 11.7 Å². The molecule has 0 aliphatic heterocycles. The van der Waals surface area contributed by atoms with Gasteiger partial charge in [0.1, 0.15) is 0 Å². The summed E-state index contributed by atoms with van der Waals surface area (Å²) in [5, 5.41) is 7.40. The Balaban J connectivity index is 1.65. The average Bonchev–Trinajstić information content (AvgIpc) is 3.22. The van der Waals surface area contributed by atoms with Crippen molar-refractivity contribution in [2.45, 2.75) is 40.2 Å². The Hall–Kier alpha value is -3.74. The van der Waals surface area contributed by atoms with Crippen LogP contribution in [0.1, 0.15) is 30.2 Å². The van der Waals surface area contributed by atoms with Crippen molar-refractivity contribution in [3.05, 3.63) is 81.8 Å². The van der Waals surface area contributed by atoms with E-state index < -0.39 is 0 Å². The second-order valence-corrected chi connectivity index (χ2v) is 7.49. The molecule has 0 atom stereocenters. The Bertz CT molecular complexity index is 1310. The van der Waals surface area contributed by atoms with Gasteiger partial charge in [0, 0.05) is 35.5 Å². The summed E-state index contributed by atoms with van der Waals surface area (Å²) in [5.41, 5.74) is 3.81. The number of hydrogen-bond acceptors (Lipinski definition) is 4. The van der Waals surface area contributed by atoms with E-state index >= 15 is 0 Å². The molecule has 0 fully saturated rings. The first kappa shape index (κ1) is 20.5. The van der Waals surface area contributed by atoms with Crippen LogP contribution in [0.5, 0.6) is 0 Å². The number of para-hydroxylation sites is 1. The predicted octanol–water partition coefficient (Wildman–Crippen LogP) is 3.77. The van der Waals surface area contributed by atoms with E-state index in [0.717, 1.165) is 22.5 Å². The van der Waals surface area contributed by atoms with Crippen molar-refractivity contribution in [2.75, 3.05) is 5.32 Å². The van der Waals surface area contributed by atoms with Crippen LogP contribution in [-0.4, -0.2) is 25.1 Å². The number of aryl methyl sites for hydroxylation is 2. The van der Waals surface area contributed by atoms with Crippen LogP contribution in [0.3, 0.4) is 0 Å². The van der Waals surface area contributed by atoms with Gasteiger partial charge in [0.05, 0.1) is 0 Å². The first-order valence-electron chi connectivity index (χ1n) is 10.4. The minimum Gasteiger partial charge on any atom is -0.326 e. The zero-order chi connectivity index (χ0) is 22.0. The largest absolute Gasteiger partial charge is 0.326 e. The molecule has 0 saturated carbocycles. The second-order valence-electron chi connectivity index (χ2n) is 7.49. The fraction of sp³-hybridized carbons (Fsp3) is 0.250. The summed E-state index contributed by atoms with van der Waals surface area (Å²) in [6, 6.07) is 17.2. The lowest BCUT2D eigenvalue weighted by Gasteiger charge is -2.14. The highest BCUT2D eigenvalue weighted by atomic mass is 16.1. The molecule has 0 radical (unpaired) electrons. The topological polar surface area (TPSA) is 81.3 Å². The molecule has 0 aliphatic carbocycles. The molecule has 7 heteroatoms. The number of rotatable bonds is 6. The third-order valence-electron chi connectivity index (χ3n) is 5.49. The monoisotopic (exact) mass is 415 g/mol. The van der Waals surface area contributed by atoms with Crippen molar-refractivity contribution >= 4 is 17.4 Å². The fourth-order valence-corrected chi connectivity index (χ4v) is 3.75. The molecule has 0 aliphatic rings. The summed E-state index contributed by atoms with van der Waals surface area (Å²) < 4.78 is 3.32. The van der Waals surface area contributed by atoms with Crippen LogP contribution >= 0.6 is 0 Å².